The Labute approximate surface area is 117 Å². The summed E-state index contributed by atoms with van der Waals surface area (Å²) in [5, 5.41) is 3.36. The summed E-state index contributed by atoms with van der Waals surface area (Å²) in [4.78, 5) is 0. The molecule has 3 atom stereocenters. The lowest BCUT2D eigenvalue weighted by Gasteiger charge is -2.30. The Morgan fingerprint density at radius 3 is 2.74 bits per heavy atom. The lowest BCUT2D eigenvalue weighted by molar-refractivity contribution is 0.00209. The topological polar surface area (TPSA) is 21.3 Å². The molecule has 0 spiro atoms. The molecule has 1 fully saturated rings. The summed E-state index contributed by atoms with van der Waals surface area (Å²) in [6.07, 6.45) is 6.99. The van der Waals surface area contributed by atoms with Gasteiger partial charge >= 0.3 is 0 Å². The molecule has 0 aromatic heterocycles. The molecule has 106 valence electrons. The van der Waals surface area contributed by atoms with Crippen LogP contribution in [0.5, 0.6) is 0 Å². The molecule has 0 bridgehead atoms. The van der Waals surface area contributed by atoms with E-state index in [-0.39, 0.29) is 0 Å². The highest BCUT2D eigenvalue weighted by atomic mass is 16.5. The van der Waals surface area contributed by atoms with Crippen LogP contribution in [0, 0.1) is 5.92 Å². The van der Waals surface area contributed by atoms with Gasteiger partial charge in [-0.15, -0.1) is 0 Å². The van der Waals surface area contributed by atoms with E-state index in [0.717, 1.165) is 12.5 Å². The van der Waals surface area contributed by atoms with Crippen LogP contribution in [-0.2, 0) is 4.74 Å². The van der Waals surface area contributed by atoms with Gasteiger partial charge in [0.25, 0.3) is 0 Å². The van der Waals surface area contributed by atoms with Gasteiger partial charge in [0.1, 0.15) is 0 Å². The largest absolute Gasteiger partial charge is 0.376 e. The van der Waals surface area contributed by atoms with Crippen molar-refractivity contribution in [3.63, 3.8) is 0 Å². The van der Waals surface area contributed by atoms with Gasteiger partial charge in [-0.05, 0) is 31.4 Å². The lowest BCUT2D eigenvalue weighted by Crippen LogP contribution is -2.28. The molecule has 0 radical (unpaired) electrons. The van der Waals surface area contributed by atoms with E-state index in [0.29, 0.717) is 12.1 Å². The van der Waals surface area contributed by atoms with Crippen molar-refractivity contribution in [1.82, 2.24) is 5.32 Å². The van der Waals surface area contributed by atoms with Crippen LogP contribution in [0.4, 0.5) is 0 Å². The number of benzene rings is 1. The van der Waals surface area contributed by atoms with Gasteiger partial charge in [0, 0.05) is 0 Å². The van der Waals surface area contributed by atoms with Gasteiger partial charge in [0.05, 0.1) is 18.8 Å². The zero-order valence-corrected chi connectivity index (χ0v) is 12.3. The van der Waals surface area contributed by atoms with E-state index in [2.05, 4.69) is 42.6 Å². The average molecular weight is 261 g/mol. The third-order valence-corrected chi connectivity index (χ3v) is 4.36. The highest BCUT2D eigenvalue weighted by Crippen LogP contribution is 2.29. The molecule has 1 aliphatic rings. The standard InChI is InChI=1S/C17H27NO/c1-3-14-8-7-11-16(12-14)19-13-17(18-2)15-9-5-4-6-10-15/h4-6,9-10,14,16-18H,3,7-8,11-13H2,1-2H3. The molecule has 1 aliphatic carbocycles. The molecule has 1 N–H and O–H groups in total. The molecule has 0 saturated heterocycles. The minimum absolute atomic E-state index is 0.309. The number of nitrogens with one attached hydrogen (secondary N) is 1. The quantitative estimate of drug-likeness (QED) is 0.837. The maximum Gasteiger partial charge on any atom is 0.0665 e. The predicted octanol–water partition coefficient (Wildman–Crippen LogP) is 3.93. The van der Waals surface area contributed by atoms with Gasteiger partial charge in [-0.25, -0.2) is 0 Å². The average Bonchev–Trinajstić information content (AvgIpc) is 2.49. The normalized spacial score (nSPS) is 25.2. The van der Waals surface area contributed by atoms with E-state index in [4.69, 9.17) is 4.74 Å². The second-order valence-corrected chi connectivity index (χ2v) is 5.65. The summed E-state index contributed by atoms with van der Waals surface area (Å²) in [5.74, 6) is 0.878. The van der Waals surface area contributed by atoms with Gasteiger partial charge in [-0.3, -0.25) is 0 Å². The molecule has 0 heterocycles. The van der Waals surface area contributed by atoms with Crippen molar-refractivity contribution >= 4 is 0 Å². The third kappa shape index (κ3) is 4.32. The van der Waals surface area contributed by atoms with E-state index < -0.39 is 0 Å². The molecule has 0 aliphatic heterocycles. The van der Waals surface area contributed by atoms with E-state index >= 15 is 0 Å². The number of hydrogen-bond donors (Lipinski definition) is 1. The number of likely N-dealkylation sites (N-methyl/N-ethyl adjacent to an activating group) is 1. The van der Waals surface area contributed by atoms with Crippen LogP contribution >= 0.6 is 0 Å². The summed E-state index contributed by atoms with van der Waals surface area (Å²) in [6, 6.07) is 10.9. The molecule has 1 aromatic carbocycles. The maximum absolute atomic E-state index is 6.16. The Morgan fingerprint density at radius 1 is 1.26 bits per heavy atom. The van der Waals surface area contributed by atoms with Gasteiger partial charge in [-0.1, -0.05) is 56.5 Å². The molecule has 2 rings (SSSR count). The second kappa shape index (κ2) is 7.66. The first kappa shape index (κ1) is 14.5. The van der Waals surface area contributed by atoms with Crippen molar-refractivity contribution in [2.75, 3.05) is 13.7 Å². The summed E-state index contributed by atoms with van der Waals surface area (Å²) in [7, 11) is 2.01. The second-order valence-electron chi connectivity index (χ2n) is 5.65. The predicted molar refractivity (Wildman–Crippen MR) is 80.2 cm³/mol. The Balaban J connectivity index is 1.83. The molecular formula is C17H27NO. The van der Waals surface area contributed by atoms with Crippen LogP contribution in [0.1, 0.15) is 50.6 Å². The molecule has 3 unspecified atom stereocenters. The molecule has 1 saturated carbocycles. The minimum atomic E-state index is 0.309. The first-order valence-electron chi connectivity index (χ1n) is 7.67. The monoisotopic (exact) mass is 261 g/mol. The SMILES string of the molecule is CCC1CCCC(OCC(NC)c2ccccc2)C1. The Morgan fingerprint density at radius 2 is 2.05 bits per heavy atom. The van der Waals surface area contributed by atoms with E-state index in [1.165, 1.54) is 37.7 Å². The molecule has 2 heteroatoms. The highest BCUT2D eigenvalue weighted by molar-refractivity contribution is 5.18. The Bertz CT molecular complexity index is 352. The fourth-order valence-electron chi connectivity index (χ4n) is 3.03. The van der Waals surface area contributed by atoms with Gasteiger partial charge in [0.15, 0.2) is 0 Å². The molecule has 19 heavy (non-hydrogen) atoms. The zero-order chi connectivity index (χ0) is 13.5. The van der Waals surface area contributed by atoms with Crippen molar-refractivity contribution < 1.29 is 4.74 Å². The van der Waals surface area contributed by atoms with Crippen molar-refractivity contribution in [3.8, 4) is 0 Å². The molecule has 1 aromatic rings. The van der Waals surface area contributed by atoms with E-state index in [9.17, 15) is 0 Å². The Kier molecular flexibility index (Phi) is 5.87. The molecular weight excluding hydrogens is 234 g/mol. The third-order valence-electron chi connectivity index (χ3n) is 4.36. The van der Waals surface area contributed by atoms with E-state index in [1.54, 1.807) is 0 Å². The van der Waals surface area contributed by atoms with Crippen molar-refractivity contribution in [3.05, 3.63) is 35.9 Å². The van der Waals surface area contributed by atoms with E-state index in [1.807, 2.05) is 7.05 Å². The van der Waals surface area contributed by atoms with Gasteiger partial charge < -0.3 is 10.1 Å². The summed E-state index contributed by atoms with van der Waals surface area (Å²) in [6.45, 7) is 3.08. The first-order chi connectivity index (χ1) is 9.33. The highest BCUT2D eigenvalue weighted by Gasteiger charge is 2.22. The Hall–Kier alpha value is -0.860. The summed E-state index contributed by atoms with van der Waals surface area (Å²) in [5.41, 5.74) is 1.31. The zero-order valence-electron chi connectivity index (χ0n) is 12.3. The van der Waals surface area contributed by atoms with Crippen molar-refractivity contribution in [1.29, 1.82) is 0 Å². The first-order valence-corrected chi connectivity index (χ1v) is 7.67. The fourth-order valence-corrected chi connectivity index (χ4v) is 3.03. The van der Waals surface area contributed by atoms with Crippen LogP contribution in [0.2, 0.25) is 0 Å². The molecule has 2 nitrogen and oxygen atoms in total. The number of ether oxygens (including phenoxy) is 1. The molecule has 0 amide bonds. The fraction of sp³-hybridized carbons (Fsp3) is 0.647. The lowest BCUT2D eigenvalue weighted by atomic mass is 9.85. The smallest absolute Gasteiger partial charge is 0.0665 e. The van der Waals surface area contributed by atoms with Crippen LogP contribution in [-0.4, -0.2) is 19.8 Å². The van der Waals surface area contributed by atoms with Crippen LogP contribution in [0.3, 0.4) is 0 Å². The minimum Gasteiger partial charge on any atom is -0.376 e. The number of rotatable bonds is 6. The van der Waals surface area contributed by atoms with Crippen LogP contribution in [0.25, 0.3) is 0 Å². The summed E-state index contributed by atoms with van der Waals surface area (Å²) >= 11 is 0. The van der Waals surface area contributed by atoms with Gasteiger partial charge in [0.2, 0.25) is 0 Å². The van der Waals surface area contributed by atoms with Crippen LogP contribution in [0.15, 0.2) is 30.3 Å². The maximum atomic E-state index is 6.16. The number of hydrogen-bond acceptors (Lipinski definition) is 2. The van der Waals surface area contributed by atoms with Crippen molar-refractivity contribution in [2.24, 2.45) is 5.92 Å². The summed E-state index contributed by atoms with van der Waals surface area (Å²) < 4.78 is 6.16. The van der Waals surface area contributed by atoms with Gasteiger partial charge in [-0.2, -0.15) is 0 Å². The van der Waals surface area contributed by atoms with Crippen molar-refractivity contribution in [2.45, 2.75) is 51.2 Å². The van der Waals surface area contributed by atoms with Crippen LogP contribution < -0.4 is 5.32 Å².